The van der Waals surface area contributed by atoms with E-state index in [9.17, 15) is 9.90 Å². The first-order chi connectivity index (χ1) is 8.58. The Morgan fingerprint density at radius 1 is 1.72 bits per heavy atom. The number of nitrogens with zero attached hydrogens (tertiary/aromatic N) is 2. The van der Waals surface area contributed by atoms with Crippen LogP contribution in [0.1, 0.15) is 12.0 Å². The van der Waals surface area contributed by atoms with Gasteiger partial charge in [0.2, 0.25) is 0 Å². The van der Waals surface area contributed by atoms with Crippen LogP contribution in [0.3, 0.4) is 0 Å². The van der Waals surface area contributed by atoms with E-state index >= 15 is 0 Å². The highest BCUT2D eigenvalue weighted by Gasteiger charge is 2.08. The molecule has 0 unspecified atom stereocenters. The predicted molar refractivity (Wildman–Crippen MR) is 65.6 cm³/mol. The second-order valence-electron chi connectivity index (χ2n) is 3.17. The number of hydrogen-bond acceptors (Lipinski definition) is 5. The molecule has 0 heterocycles. The van der Waals surface area contributed by atoms with Gasteiger partial charge in [0.25, 0.3) is 5.91 Å². The average molecular weight is 268 g/mol. The van der Waals surface area contributed by atoms with Crippen molar-refractivity contribution in [3.63, 3.8) is 0 Å². The molecule has 6 nitrogen and oxygen atoms in total. The quantitative estimate of drug-likeness (QED) is 0.637. The summed E-state index contributed by atoms with van der Waals surface area (Å²) in [6.45, 7) is 0. The largest absolute Gasteiger partial charge is 0.504 e. The molecule has 94 valence electrons. The number of hydrogen-bond donors (Lipinski definition) is 2. The minimum atomic E-state index is -0.540. The number of halogens is 1. The summed E-state index contributed by atoms with van der Waals surface area (Å²) in [6, 6.07) is 4.58. The zero-order valence-corrected chi connectivity index (χ0v) is 10.2. The molecule has 0 saturated carbocycles. The van der Waals surface area contributed by atoms with Gasteiger partial charge >= 0.3 is 0 Å². The van der Waals surface area contributed by atoms with Crippen molar-refractivity contribution in [2.75, 3.05) is 7.11 Å². The predicted octanol–water partition coefficient (Wildman–Crippen LogP) is 1.42. The second-order valence-corrected chi connectivity index (χ2v) is 3.61. The number of ether oxygens (including phenoxy) is 1. The maximum atomic E-state index is 10.9. The summed E-state index contributed by atoms with van der Waals surface area (Å²) in [7, 11) is 1.39. The zero-order valence-electron chi connectivity index (χ0n) is 9.48. The Morgan fingerprint density at radius 2 is 2.44 bits per heavy atom. The number of nitrogens with one attached hydrogen (secondary N) is 1. The molecular weight excluding hydrogens is 258 g/mol. The Labute approximate surface area is 108 Å². The van der Waals surface area contributed by atoms with Gasteiger partial charge in [0.1, 0.15) is 6.42 Å². The zero-order chi connectivity index (χ0) is 13.5. The lowest BCUT2D eigenvalue weighted by Crippen LogP contribution is -2.16. The first kappa shape index (κ1) is 13.8. The van der Waals surface area contributed by atoms with Crippen molar-refractivity contribution in [3.05, 3.63) is 22.7 Å². The Hall–Kier alpha value is -2.26. The number of benzene rings is 1. The standard InChI is InChI=1S/C11H10ClN3O3/c1-18-9-5-8(12)4-7(11(9)17)6-14-15-10(16)2-3-13/h4-6,17H,2H2,1H3,(H,15,16)/b14-6+. The highest BCUT2D eigenvalue weighted by Crippen LogP contribution is 2.32. The molecule has 2 N–H and O–H groups in total. The van der Waals surface area contributed by atoms with Crippen molar-refractivity contribution in [1.29, 1.82) is 5.26 Å². The monoisotopic (exact) mass is 267 g/mol. The lowest BCUT2D eigenvalue weighted by Gasteiger charge is -2.06. The number of rotatable bonds is 4. The van der Waals surface area contributed by atoms with Crippen molar-refractivity contribution >= 4 is 23.7 Å². The van der Waals surface area contributed by atoms with Gasteiger partial charge in [-0.1, -0.05) is 11.6 Å². The number of phenols is 1. The first-order valence-electron chi connectivity index (χ1n) is 4.83. The van der Waals surface area contributed by atoms with Crippen molar-refractivity contribution in [3.8, 4) is 17.6 Å². The highest BCUT2D eigenvalue weighted by molar-refractivity contribution is 6.31. The van der Waals surface area contributed by atoms with Gasteiger partial charge in [0.05, 0.1) is 19.4 Å². The van der Waals surface area contributed by atoms with Crippen LogP contribution >= 0.6 is 11.6 Å². The van der Waals surface area contributed by atoms with E-state index in [0.29, 0.717) is 5.02 Å². The summed E-state index contributed by atoms with van der Waals surface area (Å²) < 4.78 is 4.91. The van der Waals surface area contributed by atoms with Crippen LogP contribution in [-0.4, -0.2) is 24.3 Å². The molecule has 1 aromatic carbocycles. The van der Waals surface area contributed by atoms with E-state index in [4.69, 9.17) is 21.6 Å². The third-order valence-electron chi connectivity index (χ3n) is 1.92. The van der Waals surface area contributed by atoms with Crippen molar-refractivity contribution in [2.24, 2.45) is 5.10 Å². The van der Waals surface area contributed by atoms with Crippen molar-refractivity contribution < 1.29 is 14.6 Å². The number of phenolic OH excluding ortho intramolecular Hbond substituents is 1. The molecule has 7 heteroatoms. The summed E-state index contributed by atoms with van der Waals surface area (Å²) in [5.74, 6) is -0.477. The van der Waals surface area contributed by atoms with Gasteiger partial charge in [-0.3, -0.25) is 4.79 Å². The van der Waals surface area contributed by atoms with Gasteiger partial charge in [-0.05, 0) is 6.07 Å². The fourth-order valence-electron chi connectivity index (χ4n) is 1.13. The number of amides is 1. The molecule has 1 aromatic rings. The number of carbonyl (C=O) groups excluding carboxylic acids is 1. The van der Waals surface area contributed by atoms with E-state index in [-0.39, 0.29) is 23.5 Å². The van der Waals surface area contributed by atoms with E-state index in [2.05, 4.69) is 10.5 Å². The fraction of sp³-hybridized carbons (Fsp3) is 0.182. The minimum Gasteiger partial charge on any atom is -0.504 e. The molecule has 0 fully saturated rings. The molecule has 1 rings (SSSR count). The van der Waals surface area contributed by atoms with Gasteiger partial charge in [0, 0.05) is 16.7 Å². The van der Waals surface area contributed by atoms with Crippen LogP contribution in [0.5, 0.6) is 11.5 Å². The molecule has 0 bridgehead atoms. The number of nitriles is 1. The number of hydrazone groups is 1. The molecule has 18 heavy (non-hydrogen) atoms. The molecule has 0 aromatic heterocycles. The molecule has 0 saturated heterocycles. The van der Waals surface area contributed by atoms with Gasteiger partial charge in [0.15, 0.2) is 11.5 Å². The van der Waals surface area contributed by atoms with E-state index in [1.165, 1.54) is 25.5 Å². The highest BCUT2D eigenvalue weighted by atomic mass is 35.5. The smallest absolute Gasteiger partial charge is 0.254 e. The Bertz CT molecular complexity index is 523. The van der Waals surface area contributed by atoms with Crippen molar-refractivity contribution in [1.82, 2.24) is 5.43 Å². The number of carbonyl (C=O) groups is 1. The van der Waals surface area contributed by atoms with E-state index in [1.807, 2.05) is 0 Å². The number of aromatic hydroxyl groups is 1. The topological polar surface area (TPSA) is 94.7 Å². The number of methoxy groups -OCH3 is 1. The summed E-state index contributed by atoms with van der Waals surface area (Å²) in [6.07, 6.45) is 0.918. The summed E-state index contributed by atoms with van der Waals surface area (Å²) in [5.41, 5.74) is 2.42. The SMILES string of the molecule is COc1cc(Cl)cc(/C=N/NC(=O)CC#N)c1O. The summed E-state index contributed by atoms with van der Waals surface area (Å²) in [5, 5.41) is 22.0. The van der Waals surface area contributed by atoms with Crippen LogP contribution in [0.4, 0.5) is 0 Å². The molecule has 0 aliphatic heterocycles. The van der Waals surface area contributed by atoms with Crippen LogP contribution in [0, 0.1) is 11.3 Å². The van der Waals surface area contributed by atoms with E-state index in [1.54, 1.807) is 6.07 Å². The molecule has 0 spiro atoms. The average Bonchev–Trinajstić information content (AvgIpc) is 2.33. The molecule has 0 atom stereocenters. The maximum absolute atomic E-state index is 10.9. The third kappa shape index (κ3) is 3.64. The lowest BCUT2D eigenvalue weighted by molar-refractivity contribution is -0.120. The summed E-state index contributed by atoms with van der Waals surface area (Å²) in [4.78, 5) is 10.9. The van der Waals surface area contributed by atoms with Crippen LogP contribution < -0.4 is 10.2 Å². The molecule has 1 amide bonds. The molecular formula is C11H10ClN3O3. The fourth-order valence-corrected chi connectivity index (χ4v) is 1.35. The van der Waals surface area contributed by atoms with E-state index in [0.717, 1.165) is 0 Å². The Morgan fingerprint density at radius 3 is 3.06 bits per heavy atom. The normalized spacial score (nSPS) is 10.1. The van der Waals surface area contributed by atoms with Gasteiger partial charge in [-0.25, -0.2) is 5.43 Å². The second kappa shape index (κ2) is 6.47. The molecule has 0 radical (unpaired) electrons. The van der Waals surface area contributed by atoms with Crippen LogP contribution in [0.25, 0.3) is 0 Å². The van der Waals surface area contributed by atoms with Crippen LogP contribution in [0.2, 0.25) is 5.02 Å². The maximum Gasteiger partial charge on any atom is 0.254 e. The van der Waals surface area contributed by atoms with Crippen LogP contribution in [-0.2, 0) is 4.79 Å². The molecule has 0 aliphatic carbocycles. The Balaban J connectivity index is 2.85. The van der Waals surface area contributed by atoms with E-state index < -0.39 is 5.91 Å². The van der Waals surface area contributed by atoms with Gasteiger partial charge in [-0.15, -0.1) is 0 Å². The van der Waals surface area contributed by atoms with Crippen LogP contribution in [0.15, 0.2) is 17.2 Å². The minimum absolute atomic E-state index is 0.139. The third-order valence-corrected chi connectivity index (χ3v) is 2.14. The van der Waals surface area contributed by atoms with Gasteiger partial charge in [-0.2, -0.15) is 10.4 Å². The molecule has 0 aliphatic rings. The van der Waals surface area contributed by atoms with Gasteiger partial charge < -0.3 is 9.84 Å². The summed E-state index contributed by atoms with van der Waals surface area (Å²) >= 11 is 5.81. The van der Waals surface area contributed by atoms with Crippen molar-refractivity contribution in [2.45, 2.75) is 6.42 Å². The lowest BCUT2D eigenvalue weighted by atomic mass is 10.2. The first-order valence-corrected chi connectivity index (χ1v) is 5.21. The Kier molecular flexibility index (Phi) is 4.96.